The Morgan fingerprint density at radius 3 is 2.18 bits per heavy atom. The first-order chi connectivity index (χ1) is 10.4. The SMILES string of the molecule is COc1ccc(S(=O)(=O)/N=C/c2ccc([N+](=O)[O-])cc2)cc1. The van der Waals surface area contributed by atoms with Crippen LogP contribution in [0.4, 0.5) is 5.69 Å². The molecule has 0 aromatic heterocycles. The van der Waals surface area contributed by atoms with Crippen molar-refractivity contribution in [1.82, 2.24) is 0 Å². The predicted molar refractivity (Wildman–Crippen MR) is 80.9 cm³/mol. The molecule has 0 saturated carbocycles. The highest BCUT2D eigenvalue weighted by Gasteiger charge is 2.11. The Morgan fingerprint density at radius 2 is 1.68 bits per heavy atom. The minimum Gasteiger partial charge on any atom is -0.497 e. The van der Waals surface area contributed by atoms with Crippen molar-refractivity contribution < 1.29 is 18.1 Å². The van der Waals surface area contributed by atoms with E-state index in [-0.39, 0.29) is 10.6 Å². The number of nitrogens with zero attached hydrogens (tertiary/aromatic N) is 2. The molecular formula is C14H12N2O5S. The maximum atomic E-state index is 12.0. The molecule has 8 heteroatoms. The lowest BCUT2D eigenvalue weighted by Crippen LogP contribution is -1.98. The molecule has 0 aliphatic rings. The quantitative estimate of drug-likeness (QED) is 0.478. The Morgan fingerprint density at radius 1 is 1.09 bits per heavy atom. The molecule has 2 aromatic carbocycles. The smallest absolute Gasteiger partial charge is 0.282 e. The van der Waals surface area contributed by atoms with Crippen LogP contribution in [0.2, 0.25) is 0 Å². The van der Waals surface area contributed by atoms with Gasteiger partial charge in [-0.2, -0.15) is 12.8 Å². The molecular weight excluding hydrogens is 308 g/mol. The number of rotatable bonds is 5. The maximum Gasteiger partial charge on any atom is 0.282 e. The van der Waals surface area contributed by atoms with E-state index in [2.05, 4.69) is 4.40 Å². The van der Waals surface area contributed by atoms with Crippen LogP contribution >= 0.6 is 0 Å². The van der Waals surface area contributed by atoms with Gasteiger partial charge in [0.2, 0.25) is 0 Å². The number of nitro groups is 1. The number of nitro benzene ring substituents is 1. The minimum atomic E-state index is -3.83. The van der Waals surface area contributed by atoms with Crippen molar-refractivity contribution in [3.05, 3.63) is 64.2 Å². The van der Waals surface area contributed by atoms with Gasteiger partial charge in [-0.15, -0.1) is 0 Å². The van der Waals surface area contributed by atoms with Crippen molar-refractivity contribution in [3.8, 4) is 5.75 Å². The van der Waals surface area contributed by atoms with Gasteiger partial charge in [-0.3, -0.25) is 10.1 Å². The zero-order chi connectivity index (χ0) is 16.2. The van der Waals surface area contributed by atoms with E-state index >= 15 is 0 Å². The Kier molecular flexibility index (Phi) is 4.52. The summed E-state index contributed by atoms with van der Waals surface area (Å²) < 4.78 is 32.6. The van der Waals surface area contributed by atoms with Gasteiger partial charge in [0.15, 0.2) is 0 Å². The molecule has 0 N–H and O–H groups in total. The van der Waals surface area contributed by atoms with Gasteiger partial charge in [0.1, 0.15) is 5.75 Å². The van der Waals surface area contributed by atoms with Crippen LogP contribution < -0.4 is 4.74 Å². The fourth-order valence-electron chi connectivity index (χ4n) is 1.62. The third-order valence-corrected chi connectivity index (χ3v) is 4.05. The van der Waals surface area contributed by atoms with E-state index in [9.17, 15) is 18.5 Å². The maximum absolute atomic E-state index is 12.0. The summed E-state index contributed by atoms with van der Waals surface area (Å²) in [7, 11) is -2.35. The second kappa shape index (κ2) is 6.35. The molecule has 0 fully saturated rings. The van der Waals surface area contributed by atoms with Gasteiger partial charge in [-0.25, -0.2) is 0 Å². The molecule has 0 spiro atoms. The van der Waals surface area contributed by atoms with Crippen LogP contribution in [0.5, 0.6) is 5.75 Å². The first-order valence-corrected chi connectivity index (χ1v) is 7.55. The van der Waals surface area contributed by atoms with Crippen LogP contribution in [0.25, 0.3) is 0 Å². The fourth-order valence-corrected chi connectivity index (χ4v) is 2.48. The van der Waals surface area contributed by atoms with E-state index in [1.807, 2.05) is 0 Å². The van der Waals surface area contributed by atoms with Gasteiger partial charge >= 0.3 is 0 Å². The molecule has 0 aliphatic carbocycles. The molecule has 0 saturated heterocycles. The van der Waals surface area contributed by atoms with Crippen LogP contribution in [0.1, 0.15) is 5.56 Å². The van der Waals surface area contributed by atoms with Crippen molar-refractivity contribution in [1.29, 1.82) is 0 Å². The lowest BCUT2D eigenvalue weighted by molar-refractivity contribution is -0.384. The fraction of sp³-hybridized carbons (Fsp3) is 0.0714. The monoisotopic (exact) mass is 320 g/mol. The molecule has 7 nitrogen and oxygen atoms in total. The van der Waals surface area contributed by atoms with Gasteiger partial charge < -0.3 is 4.74 Å². The van der Waals surface area contributed by atoms with Gasteiger partial charge in [0.25, 0.3) is 15.7 Å². The Hall–Kier alpha value is -2.74. The van der Waals surface area contributed by atoms with E-state index < -0.39 is 14.9 Å². The molecule has 22 heavy (non-hydrogen) atoms. The number of ether oxygens (including phenoxy) is 1. The van der Waals surface area contributed by atoms with E-state index in [0.29, 0.717) is 11.3 Å². The summed E-state index contributed by atoms with van der Waals surface area (Å²) in [6.07, 6.45) is 1.14. The van der Waals surface area contributed by atoms with E-state index in [4.69, 9.17) is 4.74 Å². The number of sulfonamides is 1. The second-order valence-corrected chi connectivity index (χ2v) is 5.87. The molecule has 0 atom stereocenters. The first-order valence-electron chi connectivity index (χ1n) is 6.11. The molecule has 114 valence electrons. The number of methoxy groups -OCH3 is 1. The highest BCUT2D eigenvalue weighted by molar-refractivity contribution is 7.90. The molecule has 0 bridgehead atoms. The molecule has 0 unspecified atom stereocenters. The molecule has 0 aliphatic heterocycles. The van der Waals surface area contributed by atoms with Crippen LogP contribution in [0, 0.1) is 10.1 Å². The van der Waals surface area contributed by atoms with Crippen LogP contribution in [0.15, 0.2) is 57.8 Å². The third-order valence-electron chi connectivity index (χ3n) is 2.80. The normalized spacial score (nSPS) is 11.5. The number of hydrogen-bond donors (Lipinski definition) is 0. The van der Waals surface area contributed by atoms with Crippen molar-refractivity contribution in [3.63, 3.8) is 0 Å². The number of benzene rings is 2. The van der Waals surface area contributed by atoms with Gasteiger partial charge in [0.05, 0.1) is 16.9 Å². The van der Waals surface area contributed by atoms with Gasteiger partial charge in [-0.1, -0.05) is 0 Å². The Labute approximate surface area is 127 Å². The first kappa shape index (κ1) is 15.6. The highest BCUT2D eigenvalue weighted by atomic mass is 32.2. The van der Waals surface area contributed by atoms with Gasteiger partial charge in [0, 0.05) is 18.3 Å². The summed E-state index contributed by atoms with van der Waals surface area (Å²) in [5.74, 6) is 0.540. The number of hydrogen-bond acceptors (Lipinski definition) is 5. The summed E-state index contributed by atoms with van der Waals surface area (Å²) in [5, 5.41) is 10.5. The molecule has 0 radical (unpaired) electrons. The van der Waals surface area contributed by atoms with E-state index in [1.165, 1.54) is 55.6 Å². The largest absolute Gasteiger partial charge is 0.497 e. The number of non-ortho nitro benzene ring substituents is 1. The predicted octanol–water partition coefficient (Wildman–Crippen LogP) is 2.41. The lowest BCUT2D eigenvalue weighted by Gasteiger charge is -2.01. The average molecular weight is 320 g/mol. The Balaban J connectivity index is 2.21. The topological polar surface area (TPSA) is 98.9 Å². The van der Waals surface area contributed by atoms with Crippen LogP contribution in [-0.2, 0) is 10.0 Å². The average Bonchev–Trinajstić information content (AvgIpc) is 2.53. The Bertz CT molecular complexity index is 796. The zero-order valence-electron chi connectivity index (χ0n) is 11.5. The molecule has 0 amide bonds. The molecule has 0 heterocycles. The second-order valence-electron chi connectivity index (χ2n) is 4.23. The summed E-state index contributed by atoms with van der Waals surface area (Å²) in [6, 6.07) is 11.2. The van der Waals surface area contributed by atoms with Gasteiger partial charge in [-0.05, 0) is 42.0 Å². The van der Waals surface area contributed by atoms with Crippen molar-refractivity contribution in [2.45, 2.75) is 4.90 Å². The summed E-state index contributed by atoms with van der Waals surface area (Å²) >= 11 is 0. The van der Waals surface area contributed by atoms with Crippen molar-refractivity contribution in [2.24, 2.45) is 4.40 Å². The third kappa shape index (κ3) is 3.67. The molecule has 2 rings (SSSR count). The highest BCUT2D eigenvalue weighted by Crippen LogP contribution is 2.17. The van der Waals surface area contributed by atoms with E-state index in [0.717, 1.165) is 6.21 Å². The van der Waals surface area contributed by atoms with Crippen LogP contribution in [0.3, 0.4) is 0 Å². The zero-order valence-corrected chi connectivity index (χ0v) is 12.4. The van der Waals surface area contributed by atoms with E-state index in [1.54, 1.807) is 0 Å². The summed E-state index contributed by atoms with van der Waals surface area (Å²) in [5.41, 5.74) is 0.373. The summed E-state index contributed by atoms with van der Waals surface area (Å²) in [6.45, 7) is 0. The van der Waals surface area contributed by atoms with Crippen molar-refractivity contribution in [2.75, 3.05) is 7.11 Å². The van der Waals surface area contributed by atoms with Crippen molar-refractivity contribution >= 4 is 21.9 Å². The molecule has 2 aromatic rings. The summed E-state index contributed by atoms with van der Waals surface area (Å²) in [4.78, 5) is 10.0. The standard InChI is InChI=1S/C14H12N2O5S/c1-21-13-6-8-14(9-7-13)22(19,20)15-10-11-2-4-12(5-3-11)16(17)18/h2-10H,1H3/b15-10+. The van der Waals surface area contributed by atoms with Crippen LogP contribution in [-0.4, -0.2) is 26.7 Å². The minimum absolute atomic E-state index is 0.0338. The lowest BCUT2D eigenvalue weighted by atomic mass is 10.2.